The second-order valence-electron chi connectivity index (χ2n) is 5.70. The molecule has 0 fully saturated rings. The number of ether oxygens (including phenoxy) is 1. The topological polar surface area (TPSA) is 56.2 Å². The van der Waals surface area contributed by atoms with Crippen LogP contribution < -0.4 is 10.1 Å². The van der Waals surface area contributed by atoms with Crippen molar-refractivity contribution in [2.24, 2.45) is 0 Å². The molecule has 26 heavy (non-hydrogen) atoms. The van der Waals surface area contributed by atoms with Gasteiger partial charge in [0.25, 0.3) is 5.91 Å². The van der Waals surface area contributed by atoms with Crippen LogP contribution >= 0.6 is 11.6 Å². The van der Waals surface area contributed by atoms with Gasteiger partial charge in [0.2, 0.25) is 0 Å². The van der Waals surface area contributed by atoms with Gasteiger partial charge in [0.05, 0.1) is 11.1 Å². The van der Waals surface area contributed by atoms with Crippen LogP contribution in [-0.2, 0) is 6.73 Å². The third kappa shape index (κ3) is 4.40. The maximum atomic E-state index is 13.1. The summed E-state index contributed by atoms with van der Waals surface area (Å²) in [4.78, 5) is 12.3. The number of amides is 1. The number of nitrogens with one attached hydrogen (secondary N) is 1. The molecule has 1 heterocycles. The van der Waals surface area contributed by atoms with Gasteiger partial charge in [0, 0.05) is 12.3 Å². The Bertz CT molecular complexity index is 899. The zero-order chi connectivity index (χ0) is 18.5. The summed E-state index contributed by atoms with van der Waals surface area (Å²) in [6.45, 7) is 1.98. The van der Waals surface area contributed by atoms with E-state index < -0.39 is 5.82 Å². The van der Waals surface area contributed by atoms with Gasteiger partial charge in [-0.2, -0.15) is 5.10 Å². The molecule has 1 amide bonds. The third-order valence-electron chi connectivity index (χ3n) is 3.78. The largest absolute Gasteiger partial charge is 0.471 e. The summed E-state index contributed by atoms with van der Waals surface area (Å²) in [5.74, 6) is -0.370. The van der Waals surface area contributed by atoms with Crippen LogP contribution in [0.25, 0.3) is 0 Å². The molecule has 7 heteroatoms. The first kappa shape index (κ1) is 17.9. The molecule has 0 aliphatic carbocycles. The van der Waals surface area contributed by atoms with Crippen LogP contribution in [0, 0.1) is 5.82 Å². The van der Waals surface area contributed by atoms with Crippen molar-refractivity contribution in [3.05, 3.63) is 82.9 Å². The molecule has 1 unspecified atom stereocenters. The van der Waals surface area contributed by atoms with Gasteiger partial charge in [-0.05, 0) is 30.7 Å². The molecule has 3 aromatic rings. The molecule has 134 valence electrons. The van der Waals surface area contributed by atoms with Crippen LogP contribution in [0.5, 0.6) is 5.75 Å². The number of halogens is 2. The Morgan fingerprint density at radius 1 is 1.27 bits per heavy atom. The summed E-state index contributed by atoms with van der Waals surface area (Å²) in [6, 6.07) is 15.2. The van der Waals surface area contributed by atoms with Crippen LogP contribution in [0.1, 0.15) is 29.0 Å². The Kier molecular flexibility index (Phi) is 5.53. The molecule has 2 aromatic carbocycles. The molecule has 3 rings (SSSR count). The number of benzene rings is 2. The molecule has 0 saturated carbocycles. The van der Waals surface area contributed by atoms with E-state index in [0.717, 1.165) is 5.56 Å². The van der Waals surface area contributed by atoms with E-state index in [1.54, 1.807) is 12.3 Å². The summed E-state index contributed by atoms with van der Waals surface area (Å²) in [7, 11) is 0. The molecule has 1 aromatic heterocycles. The normalized spacial score (nSPS) is 11.8. The molecular weight excluding hydrogens is 357 g/mol. The van der Waals surface area contributed by atoms with Gasteiger partial charge in [-0.1, -0.05) is 41.9 Å². The fourth-order valence-electron chi connectivity index (χ4n) is 2.36. The highest BCUT2D eigenvalue weighted by Gasteiger charge is 2.14. The monoisotopic (exact) mass is 373 g/mol. The molecule has 0 aliphatic heterocycles. The highest BCUT2D eigenvalue weighted by Crippen LogP contribution is 2.21. The fourth-order valence-corrected chi connectivity index (χ4v) is 2.53. The van der Waals surface area contributed by atoms with E-state index in [9.17, 15) is 9.18 Å². The number of aromatic nitrogens is 2. The van der Waals surface area contributed by atoms with Crippen molar-refractivity contribution in [3.8, 4) is 5.75 Å². The summed E-state index contributed by atoms with van der Waals surface area (Å²) < 4.78 is 20.1. The third-order valence-corrected chi connectivity index (χ3v) is 4.06. The van der Waals surface area contributed by atoms with Crippen molar-refractivity contribution >= 4 is 17.5 Å². The molecule has 0 saturated heterocycles. The van der Waals surface area contributed by atoms with E-state index in [1.807, 2.05) is 37.3 Å². The van der Waals surface area contributed by atoms with Gasteiger partial charge in [0.15, 0.2) is 6.73 Å². The number of carbonyl (C=O) groups excluding carboxylic acids is 1. The molecule has 5 nitrogen and oxygen atoms in total. The summed E-state index contributed by atoms with van der Waals surface area (Å²) in [5, 5.41) is 7.07. The Morgan fingerprint density at radius 3 is 2.77 bits per heavy atom. The van der Waals surface area contributed by atoms with E-state index >= 15 is 0 Å². The highest BCUT2D eigenvalue weighted by atomic mass is 35.5. The SMILES string of the molecule is CC(NC(=O)c1ccn(COc2ccc(F)c(Cl)c2)n1)c1ccccc1. The zero-order valence-electron chi connectivity index (χ0n) is 14.0. The molecule has 0 aliphatic rings. The Hall–Kier alpha value is -2.86. The number of hydrogen-bond donors (Lipinski definition) is 1. The van der Waals surface area contributed by atoms with Crippen LogP contribution in [0.3, 0.4) is 0 Å². The quantitative estimate of drug-likeness (QED) is 0.704. The average Bonchev–Trinajstić information content (AvgIpc) is 3.12. The Labute approximate surface area is 155 Å². The number of rotatable bonds is 6. The lowest BCUT2D eigenvalue weighted by Gasteiger charge is -2.13. The summed E-state index contributed by atoms with van der Waals surface area (Å²) >= 11 is 5.71. The number of hydrogen-bond acceptors (Lipinski definition) is 3. The van der Waals surface area contributed by atoms with Gasteiger partial charge in [-0.15, -0.1) is 0 Å². The first-order valence-corrected chi connectivity index (χ1v) is 8.38. The predicted octanol–water partition coefficient (Wildman–Crippen LogP) is 4.20. The minimum atomic E-state index is -0.510. The number of nitrogens with zero attached hydrogens (tertiary/aromatic N) is 2. The maximum absolute atomic E-state index is 13.1. The molecule has 0 spiro atoms. The Balaban J connectivity index is 1.58. The second kappa shape index (κ2) is 8.01. The van der Waals surface area contributed by atoms with Crippen LogP contribution in [0.15, 0.2) is 60.8 Å². The van der Waals surface area contributed by atoms with Crippen molar-refractivity contribution in [3.63, 3.8) is 0 Å². The smallest absolute Gasteiger partial charge is 0.272 e. The van der Waals surface area contributed by atoms with Crippen LogP contribution in [0.2, 0.25) is 5.02 Å². The van der Waals surface area contributed by atoms with Crippen molar-refractivity contribution in [1.29, 1.82) is 0 Å². The average molecular weight is 374 g/mol. The highest BCUT2D eigenvalue weighted by molar-refractivity contribution is 6.30. The second-order valence-corrected chi connectivity index (χ2v) is 6.10. The summed E-state index contributed by atoms with van der Waals surface area (Å²) in [6.07, 6.45) is 1.63. The standard InChI is InChI=1S/C19H17ClFN3O2/c1-13(14-5-3-2-4-6-14)22-19(25)18-9-10-24(23-18)12-26-15-7-8-17(21)16(20)11-15/h2-11,13H,12H2,1H3,(H,22,25). The molecule has 1 atom stereocenters. The lowest BCUT2D eigenvalue weighted by atomic mass is 10.1. The lowest BCUT2D eigenvalue weighted by Crippen LogP contribution is -2.27. The van der Waals surface area contributed by atoms with E-state index in [-0.39, 0.29) is 29.4 Å². The zero-order valence-corrected chi connectivity index (χ0v) is 14.8. The minimum Gasteiger partial charge on any atom is -0.471 e. The van der Waals surface area contributed by atoms with Gasteiger partial charge in [-0.3, -0.25) is 4.79 Å². The van der Waals surface area contributed by atoms with Gasteiger partial charge < -0.3 is 10.1 Å². The van der Waals surface area contributed by atoms with E-state index in [1.165, 1.54) is 22.9 Å². The molecule has 1 N–H and O–H groups in total. The van der Waals surface area contributed by atoms with Gasteiger partial charge >= 0.3 is 0 Å². The van der Waals surface area contributed by atoms with Crippen molar-refractivity contribution in [2.75, 3.05) is 0 Å². The Morgan fingerprint density at radius 2 is 2.04 bits per heavy atom. The first-order chi connectivity index (χ1) is 12.5. The molecular formula is C19H17ClFN3O2. The van der Waals surface area contributed by atoms with Gasteiger partial charge in [0.1, 0.15) is 17.3 Å². The van der Waals surface area contributed by atoms with Crippen molar-refractivity contribution in [1.82, 2.24) is 15.1 Å². The molecule has 0 radical (unpaired) electrons. The predicted molar refractivity (Wildman–Crippen MR) is 96.6 cm³/mol. The first-order valence-electron chi connectivity index (χ1n) is 8.00. The number of carbonyl (C=O) groups is 1. The van der Waals surface area contributed by atoms with Crippen LogP contribution in [-0.4, -0.2) is 15.7 Å². The molecule has 0 bridgehead atoms. The van der Waals surface area contributed by atoms with E-state index in [4.69, 9.17) is 16.3 Å². The van der Waals surface area contributed by atoms with Gasteiger partial charge in [-0.25, -0.2) is 9.07 Å². The van der Waals surface area contributed by atoms with E-state index in [0.29, 0.717) is 5.75 Å². The maximum Gasteiger partial charge on any atom is 0.272 e. The van der Waals surface area contributed by atoms with Crippen LogP contribution in [0.4, 0.5) is 4.39 Å². The van der Waals surface area contributed by atoms with Crippen molar-refractivity contribution < 1.29 is 13.9 Å². The van der Waals surface area contributed by atoms with Crippen molar-refractivity contribution in [2.45, 2.75) is 19.7 Å². The fraction of sp³-hybridized carbons (Fsp3) is 0.158. The van der Waals surface area contributed by atoms with E-state index in [2.05, 4.69) is 10.4 Å². The minimum absolute atomic E-state index is 0.0158. The summed E-state index contributed by atoms with van der Waals surface area (Å²) in [5.41, 5.74) is 1.30. The lowest BCUT2D eigenvalue weighted by molar-refractivity contribution is 0.0932.